The molecular formula is C10H10O3S. The second-order valence-corrected chi connectivity index (χ2v) is 3.56. The smallest absolute Gasteiger partial charge is 0.323 e. The number of benzene rings is 1. The zero-order chi connectivity index (χ0) is 10.6. The van der Waals surface area contributed by atoms with E-state index in [4.69, 9.17) is 4.74 Å². The van der Waals surface area contributed by atoms with E-state index in [1.54, 1.807) is 31.2 Å². The molecule has 0 radical (unpaired) electrons. The molecule has 0 saturated carbocycles. The van der Waals surface area contributed by atoms with E-state index in [1.807, 2.05) is 0 Å². The van der Waals surface area contributed by atoms with Crippen LogP contribution in [0.1, 0.15) is 17.3 Å². The Bertz CT molecular complexity index is 330. The van der Waals surface area contributed by atoms with Gasteiger partial charge in [0, 0.05) is 5.56 Å². The van der Waals surface area contributed by atoms with Crippen molar-refractivity contribution in [1.29, 1.82) is 0 Å². The molecule has 1 atom stereocenters. The summed E-state index contributed by atoms with van der Waals surface area (Å²) in [6, 6.07) is 6.30. The van der Waals surface area contributed by atoms with Crippen molar-refractivity contribution in [3.63, 3.8) is 0 Å². The Kier molecular flexibility index (Phi) is 3.71. The first-order valence-electron chi connectivity index (χ1n) is 4.08. The average Bonchev–Trinajstić information content (AvgIpc) is 2.19. The van der Waals surface area contributed by atoms with Crippen molar-refractivity contribution < 1.29 is 14.3 Å². The van der Waals surface area contributed by atoms with Crippen LogP contribution in [0.3, 0.4) is 0 Å². The van der Waals surface area contributed by atoms with Gasteiger partial charge in [-0.25, -0.2) is 0 Å². The van der Waals surface area contributed by atoms with Gasteiger partial charge in [0.05, 0.1) is 5.25 Å². The second kappa shape index (κ2) is 4.81. The maximum absolute atomic E-state index is 11.1. The van der Waals surface area contributed by atoms with Crippen LogP contribution in [0.2, 0.25) is 0 Å². The predicted octanol–water partition coefficient (Wildman–Crippen LogP) is 1.72. The minimum Gasteiger partial charge on any atom is -0.426 e. The van der Waals surface area contributed by atoms with E-state index in [2.05, 4.69) is 12.6 Å². The van der Waals surface area contributed by atoms with E-state index in [0.717, 1.165) is 6.29 Å². The van der Waals surface area contributed by atoms with Gasteiger partial charge in [0.2, 0.25) is 0 Å². The van der Waals surface area contributed by atoms with Gasteiger partial charge in [-0.15, -0.1) is 0 Å². The molecule has 0 spiro atoms. The molecule has 0 bridgehead atoms. The standard InChI is InChI=1S/C10H10O3S/c1-7(14)10(12)13-9-4-2-8(6-11)3-5-9/h2-7,14H,1H3. The molecule has 1 unspecified atom stereocenters. The third-order valence-electron chi connectivity index (χ3n) is 1.58. The van der Waals surface area contributed by atoms with E-state index in [9.17, 15) is 9.59 Å². The molecule has 1 aromatic carbocycles. The van der Waals surface area contributed by atoms with Crippen molar-refractivity contribution >= 4 is 24.9 Å². The number of rotatable bonds is 3. The summed E-state index contributed by atoms with van der Waals surface area (Å²) < 4.78 is 4.94. The van der Waals surface area contributed by atoms with Gasteiger partial charge in [0.25, 0.3) is 0 Å². The first-order valence-corrected chi connectivity index (χ1v) is 4.60. The molecule has 0 N–H and O–H groups in total. The van der Waals surface area contributed by atoms with Crippen molar-refractivity contribution in [2.75, 3.05) is 0 Å². The molecular weight excluding hydrogens is 200 g/mol. The zero-order valence-corrected chi connectivity index (χ0v) is 8.53. The summed E-state index contributed by atoms with van der Waals surface area (Å²) >= 11 is 3.93. The number of carbonyl (C=O) groups excluding carboxylic acids is 2. The van der Waals surface area contributed by atoms with Crippen LogP contribution < -0.4 is 4.74 Å². The van der Waals surface area contributed by atoms with Gasteiger partial charge in [-0.05, 0) is 31.2 Å². The minimum atomic E-state index is -0.458. The van der Waals surface area contributed by atoms with Crippen molar-refractivity contribution in [3.8, 4) is 5.75 Å². The highest BCUT2D eigenvalue weighted by Crippen LogP contribution is 2.12. The van der Waals surface area contributed by atoms with Gasteiger partial charge in [0.15, 0.2) is 0 Å². The summed E-state index contributed by atoms with van der Waals surface area (Å²) in [7, 11) is 0. The van der Waals surface area contributed by atoms with Gasteiger partial charge in [-0.1, -0.05) is 0 Å². The molecule has 14 heavy (non-hydrogen) atoms. The third-order valence-corrected chi connectivity index (χ3v) is 1.79. The molecule has 0 aromatic heterocycles. The number of carbonyl (C=O) groups is 2. The number of hydrogen-bond donors (Lipinski definition) is 1. The monoisotopic (exact) mass is 210 g/mol. The first kappa shape index (κ1) is 10.8. The lowest BCUT2D eigenvalue weighted by molar-refractivity contribution is -0.133. The lowest BCUT2D eigenvalue weighted by atomic mass is 10.2. The first-order chi connectivity index (χ1) is 6.63. The molecule has 0 fully saturated rings. The lowest BCUT2D eigenvalue weighted by Crippen LogP contribution is -2.17. The van der Waals surface area contributed by atoms with Gasteiger partial charge < -0.3 is 4.74 Å². The highest BCUT2D eigenvalue weighted by molar-refractivity contribution is 7.81. The fraction of sp³-hybridized carbons (Fsp3) is 0.200. The Morgan fingerprint density at radius 3 is 2.43 bits per heavy atom. The highest BCUT2D eigenvalue weighted by atomic mass is 32.1. The summed E-state index contributed by atoms with van der Waals surface area (Å²) in [4.78, 5) is 21.4. The molecule has 74 valence electrons. The molecule has 0 heterocycles. The number of aldehydes is 1. The summed E-state index contributed by atoms with van der Waals surface area (Å²) in [5.74, 6) is 0.00804. The molecule has 0 aliphatic carbocycles. The highest BCUT2D eigenvalue weighted by Gasteiger charge is 2.09. The fourth-order valence-electron chi connectivity index (χ4n) is 0.816. The topological polar surface area (TPSA) is 43.4 Å². The van der Waals surface area contributed by atoms with Crippen molar-refractivity contribution in [1.82, 2.24) is 0 Å². The largest absolute Gasteiger partial charge is 0.426 e. The molecule has 0 aliphatic heterocycles. The predicted molar refractivity (Wildman–Crippen MR) is 55.9 cm³/mol. The van der Waals surface area contributed by atoms with Crippen LogP contribution >= 0.6 is 12.6 Å². The molecule has 0 amide bonds. The SMILES string of the molecule is CC(S)C(=O)Oc1ccc(C=O)cc1. The second-order valence-electron chi connectivity index (χ2n) is 2.78. The van der Waals surface area contributed by atoms with Gasteiger partial charge >= 0.3 is 5.97 Å². The Morgan fingerprint density at radius 2 is 2.00 bits per heavy atom. The molecule has 0 aliphatic rings. The van der Waals surface area contributed by atoms with Crippen molar-refractivity contribution in [2.45, 2.75) is 12.2 Å². The Morgan fingerprint density at radius 1 is 1.43 bits per heavy atom. The number of thiol groups is 1. The van der Waals surface area contributed by atoms with Crippen LogP contribution in [0.25, 0.3) is 0 Å². The molecule has 1 rings (SSSR count). The van der Waals surface area contributed by atoms with E-state index >= 15 is 0 Å². The van der Waals surface area contributed by atoms with E-state index < -0.39 is 11.2 Å². The summed E-state index contributed by atoms with van der Waals surface area (Å²) in [5, 5.41) is -0.458. The van der Waals surface area contributed by atoms with Crippen LogP contribution in [0, 0.1) is 0 Å². The number of ether oxygens (including phenoxy) is 1. The number of hydrogen-bond acceptors (Lipinski definition) is 4. The summed E-state index contributed by atoms with van der Waals surface area (Å²) in [6.45, 7) is 1.63. The van der Waals surface area contributed by atoms with Gasteiger partial charge in [0.1, 0.15) is 12.0 Å². The summed E-state index contributed by atoms with van der Waals surface area (Å²) in [5.41, 5.74) is 0.545. The van der Waals surface area contributed by atoms with Gasteiger partial charge in [-0.2, -0.15) is 12.6 Å². The van der Waals surface area contributed by atoms with Gasteiger partial charge in [-0.3, -0.25) is 9.59 Å². The van der Waals surface area contributed by atoms with Crippen molar-refractivity contribution in [2.24, 2.45) is 0 Å². The van der Waals surface area contributed by atoms with E-state index in [-0.39, 0.29) is 0 Å². The molecule has 3 nitrogen and oxygen atoms in total. The summed E-state index contributed by atoms with van der Waals surface area (Å²) in [6.07, 6.45) is 0.729. The average molecular weight is 210 g/mol. The van der Waals surface area contributed by atoms with Crippen LogP contribution in [0.5, 0.6) is 5.75 Å². The van der Waals surface area contributed by atoms with Crippen molar-refractivity contribution in [3.05, 3.63) is 29.8 Å². The maximum atomic E-state index is 11.1. The van der Waals surface area contributed by atoms with Crippen LogP contribution in [0.15, 0.2) is 24.3 Å². The normalized spacial score (nSPS) is 11.9. The van der Waals surface area contributed by atoms with Crippen LogP contribution in [0.4, 0.5) is 0 Å². The number of esters is 1. The third kappa shape index (κ3) is 2.88. The molecule has 0 saturated heterocycles. The Balaban J connectivity index is 2.69. The lowest BCUT2D eigenvalue weighted by Gasteiger charge is -2.05. The van der Waals surface area contributed by atoms with E-state index in [0.29, 0.717) is 11.3 Å². The molecule has 4 heteroatoms. The quantitative estimate of drug-likeness (QED) is 0.357. The van der Waals surface area contributed by atoms with Crippen LogP contribution in [-0.4, -0.2) is 17.5 Å². The maximum Gasteiger partial charge on any atom is 0.323 e. The Labute approximate surface area is 87.5 Å². The Hall–Kier alpha value is -1.29. The zero-order valence-electron chi connectivity index (χ0n) is 7.64. The minimum absolute atomic E-state index is 0.410. The molecule has 1 aromatic rings. The fourth-order valence-corrected chi connectivity index (χ4v) is 0.869. The van der Waals surface area contributed by atoms with E-state index in [1.165, 1.54) is 0 Å². The van der Waals surface area contributed by atoms with Crippen LogP contribution in [-0.2, 0) is 4.79 Å².